The van der Waals surface area contributed by atoms with E-state index >= 15 is 0 Å². The first-order valence-corrected chi connectivity index (χ1v) is 2.80. The Balaban J connectivity index is 3.01. The predicted molar refractivity (Wildman–Crippen MR) is 33.8 cm³/mol. The smallest absolute Gasteiger partial charge is 0.116 e. The number of pyridine rings is 1. The van der Waals surface area contributed by atoms with Gasteiger partial charge < -0.3 is 0 Å². The molecule has 0 unspecified atom stereocenters. The summed E-state index contributed by atoms with van der Waals surface area (Å²) in [7, 11) is 0. The predicted octanol–water partition coefficient (Wildman–Crippen LogP) is 1.86. The summed E-state index contributed by atoms with van der Waals surface area (Å²) < 4.78 is 11.9. The van der Waals surface area contributed by atoms with Gasteiger partial charge in [0.1, 0.15) is 6.67 Å². The van der Waals surface area contributed by atoms with Gasteiger partial charge >= 0.3 is 0 Å². The van der Waals surface area contributed by atoms with Gasteiger partial charge in [-0.05, 0) is 18.6 Å². The number of aromatic nitrogens is 1. The van der Waals surface area contributed by atoms with Crippen LogP contribution in [0.3, 0.4) is 0 Å². The molecule has 0 N–H and O–H groups in total. The zero-order chi connectivity index (χ0) is 6.69. The quantitative estimate of drug-likeness (QED) is 0.558. The molecular formula is C7H8FN. The molecule has 1 heterocycles. The maximum Gasteiger partial charge on any atom is 0.116 e. The molecule has 0 saturated carbocycles. The summed E-state index contributed by atoms with van der Waals surface area (Å²) in [6.07, 6.45) is 3.21. The summed E-state index contributed by atoms with van der Waals surface area (Å²) >= 11 is 0. The Morgan fingerprint density at radius 2 is 2.44 bits per heavy atom. The van der Waals surface area contributed by atoms with Gasteiger partial charge in [-0.2, -0.15) is 0 Å². The highest BCUT2D eigenvalue weighted by Crippen LogP contribution is 2.04. The Morgan fingerprint density at radius 3 is 2.89 bits per heavy atom. The monoisotopic (exact) mass is 125 g/mol. The Hall–Kier alpha value is -0.920. The first kappa shape index (κ1) is 6.20. The average Bonchev–Trinajstić information content (AvgIpc) is 1.89. The molecule has 0 saturated heterocycles. The second-order valence-electron chi connectivity index (χ2n) is 1.94. The minimum absolute atomic E-state index is 0.417. The minimum Gasteiger partial charge on any atom is -0.264 e. The van der Waals surface area contributed by atoms with Gasteiger partial charge in [0.25, 0.3) is 0 Å². The normalized spacial score (nSPS) is 9.56. The van der Waals surface area contributed by atoms with Crippen molar-refractivity contribution >= 4 is 0 Å². The first-order chi connectivity index (χ1) is 4.34. The van der Waals surface area contributed by atoms with Crippen LogP contribution < -0.4 is 0 Å². The molecular weight excluding hydrogens is 117 g/mol. The minimum atomic E-state index is -0.417. The van der Waals surface area contributed by atoms with Crippen molar-refractivity contribution < 1.29 is 4.39 Å². The molecule has 1 aromatic rings. The zero-order valence-corrected chi connectivity index (χ0v) is 5.26. The Morgan fingerprint density at radius 1 is 1.67 bits per heavy atom. The number of rotatable bonds is 1. The molecule has 48 valence electrons. The van der Waals surface area contributed by atoms with Gasteiger partial charge in [0.05, 0.1) is 0 Å². The highest BCUT2D eigenvalue weighted by molar-refractivity contribution is 5.19. The molecule has 0 radical (unpaired) electrons. The lowest BCUT2D eigenvalue weighted by atomic mass is 10.2. The second kappa shape index (κ2) is 2.58. The van der Waals surface area contributed by atoms with Gasteiger partial charge in [0, 0.05) is 18.0 Å². The van der Waals surface area contributed by atoms with Crippen LogP contribution in [0.4, 0.5) is 4.39 Å². The molecule has 0 bridgehead atoms. The Labute approximate surface area is 53.5 Å². The van der Waals surface area contributed by atoms with E-state index in [1.165, 1.54) is 0 Å². The molecule has 0 aliphatic carbocycles. The number of hydrogen-bond donors (Lipinski definition) is 0. The van der Waals surface area contributed by atoms with Gasteiger partial charge in [-0.25, -0.2) is 4.39 Å². The largest absolute Gasteiger partial charge is 0.264 e. The van der Waals surface area contributed by atoms with E-state index in [-0.39, 0.29) is 0 Å². The molecule has 2 heteroatoms. The maximum atomic E-state index is 11.9. The molecule has 0 spiro atoms. The zero-order valence-electron chi connectivity index (χ0n) is 5.26. The second-order valence-corrected chi connectivity index (χ2v) is 1.94. The number of hydrogen-bond acceptors (Lipinski definition) is 1. The summed E-state index contributed by atoms with van der Waals surface area (Å²) in [4.78, 5) is 3.78. The van der Waals surface area contributed by atoms with Crippen molar-refractivity contribution in [3.8, 4) is 0 Å². The fourth-order valence-corrected chi connectivity index (χ4v) is 0.637. The van der Waals surface area contributed by atoms with E-state index in [2.05, 4.69) is 4.98 Å². The summed E-state index contributed by atoms with van der Waals surface area (Å²) in [6, 6.07) is 1.80. The molecule has 1 aromatic heterocycles. The fourth-order valence-electron chi connectivity index (χ4n) is 0.637. The highest BCUT2D eigenvalue weighted by atomic mass is 19.1. The number of aryl methyl sites for hydroxylation is 1. The van der Waals surface area contributed by atoms with Crippen LogP contribution in [-0.2, 0) is 6.67 Å². The van der Waals surface area contributed by atoms with Gasteiger partial charge in [-0.3, -0.25) is 4.98 Å². The van der Waals surface area contributed by atoms with Gasteiger partial charge in [-0.15, -0.1) is 0 Å². The lowest BCUT2D eigenvalue weighted by molar-refractivity contribution is 0.482. The van der Waals surface area contributed by atoms with Crippen molar-refractivity contribution in [2.75, 3.05) is 0 Å². The number of nitrogens with zero attached hydrogens (tertiary/aromatic N) is 1. The SMILES string of the molecule is Cc1ccncc1CF. The molecule has 0 aromatic carbocycles. The molecule has 0 aliphatic rings. The Bertz CT molecular complexity index is 198. The van der Waals surface area contributed by atoms with Crippen LogP contribution in [-0.4, -0.2) is 4.98 Å². The van der Waals surface area contributed by atoms with Gasteiger partial charge in [0.2, 0.25) is 0 Å². The molecule has 0 fully saturated rings. The van der Waals surface area contributed by atoms with E-state index in [0.29, 0.717) is 5.56 Å². The third-order valence-corrected chi connectivity index (χ3v) is 1.29. The fraction of sp³-hybridized carbons (Fsp3) is 0.286. The molecule has 1 rings (SSSR count). The van der Waals surface area contributed by atoms with Gasteiger partial charge in [0.15, 0.2) is 0 Å². The van der Waals surface area contributed by atoms with Crippen LogP contribution >= 0.6 is 0 Å². The van der Waals surface area contributed by atoms with Crippen LogP contribution in [0.25, 0.3) is 0 Å². The van der Waals surface area contributed by atoms with Crippen molar-refractivity contribution in [3.05, 3.63) is 29.6 Å². The number of halogens is 1. The van der Waals surface area contributed by atoms with Crippen LogP contribution in [0.5, 0.6) is 0 Å². The summed E-state index contributed by atoms with van der Waals surface area (Å²) in [5.74, 6) is 0. The van der Waals surface area contributed by atoms with Crippen LogP contribution in [0.1, 0.15) is 11.1 Å². The molecule has 0 aliphatic heterocycles. The topological polar surface area (TPSA) is 12.9 Å². The summed E-state index contributed by atoms with van der Waals surface area (Å²) in [5, 5.41) is 0. The van der Waals surface area contributed by atoms with Crippen molar-refractivity contribution in [1.29, 1.82) is 0 Å². The van der Waals surface area contributed by atoms with Crippen molar-refractivity contribution in [2.24, 2.45) is 0 Å². The van der Waals surface area contributed by atoms with Gasteiger partial charge in [-0.1, -0.05) is 0 Å². The number of alkyl halides is 1. The third kappa shape index (κ3) is 1.25. The maximum absolute atomic E-state index is 11.9. The van der Waals surface area contributed by atoms with Crippen LogP contribution in [0, 0.1) is 6.92 Å². The molecule has 0 amide bonds. The van der Waals surface area contributed by atoms with E-state index in [9.17, 15) is 4.39 Å². The highest BCUT2D eigenvalue weighted by Gasteiger charge is 1.93. The van der Waals surface area contributed by atoms with Crippen LogP contribution in [0.15, 0.2) is 18.5 Å². The van der Waals surface area contributed by atoms with Crippen molar-refractivity contribution in [1.82, 2.24) is 4.98 Å². The van der Waals surface area contributed by atoms with Crippen LogP contribution in [0.2, 0.25) is 0 Å². The van der Waals surface area contributed by atoms with E-state index in [4.69, 9.17) is 0 Å². The lowest BCUT2D eigenvalue weighted by Gasteiger charge is -1.95. The van der Waals surface area contributed by atoms with Crippen molar-refractivity contribution in [3.63, 3.8) is 0 Å². The lowest BCUT2D eigenvalue weighted by Crippen LogP contribution is -1.84. The van der Waals surface area contributed by atoms with E-state index in [1.807, 2.05) is 6.92 Å². The Kier molecular flexibility index (Phi) is 1.78. The molecule has 9 heavy (non-hydrogen) atoms. The summed E-state index contributed by atoms with van der Waals surface area (Å²) in [6.45, 7) is 1.45. The van der Waals surface area contributed by atoms with E-state index in [0.717, 1.165) is 5.56 Å². The third-order valence-electron chi connectivity index (χ3n) is 1.29. The van der Waals surface area contributed by atoms with E-state index in [1.54, 1.807) is 18.5 Å². The first-order valence-electron chi connectivity index (χ1n) is 2.80. The average molecular weight is 125 g/mol. The summed E-state index contributed by atoms with van der Waals surface area (Å²) in [5.41, 5.74) is 1.64. The van der Waals surface area contributed by atoms with Crippen molar-refractivity contribution in [2.45, 2.75) is 13.6 Å². The molecule has 1 nitrogen and oxygen atoms in total. The van der Waals surface area contributed by atoms with E-state index < -0.39 is 6.67 Å². The molecule has 0 atom stereocenters. The standard InChI is InChI=1S/C7H8FN/c1-6-2-3-9-5-7(6)4-8/h2-3,5H,4H2,1H3.